The number of hydrogen-bond donors (Lipinski definition) is 1. The summed E-state index contributed by atoms with van der Waals surface area (Å²) in [5.74, 6) is 0.119. The summed E-state index contributed by atoms with van der Waals surface area (Å²) in [4.78, 5) is 17.0. The van der Waals surface area contributed by atoms with Gasteiger partial charge < -0.3 is 15.1 Å². The maximum absolute atomic E-state index is 13.0. The number of piperazine rings is 1. The lowest BCUT2D eigenvalue weighted by atomic mass is 10.1. The molecule has 0 aromatic heterocycles. The van der Waals surface area contributed by atoms with Crippen LogP contribution in [0.3, 0.4) is 0 Å². The minimum absolute atomic E-state index is 0.119. The number of fused-ring (bicyclic) bond motifs is 2. The number of rotatable bonds is 3. The number of hydrogen-bond acceptors (Lipinski definition) is 3. The molecule has 5 heteroatoms. The van der Waals surface area contributed by atoms with Crippen molar-refractivity contribution < 1.29 is 4.79 Å². The zero-order valence-corrected chi connectivity index (χ0v) is 16.0. The third kappa shape index (κ3) is 3.31. The molecule has 4 nitrogen and oxygen atoms in total. The van der Waals surface area contributed by atoms with Gasteiger partial charge in [0.1, 0.15) is 0 Å². The van der Waals surface area contributed by atoms with E-state index in [0.29, 0.717) is 17.1 Å². The third-order valence-electron chi connectivity index (χ3n) is 5.45. The van der Waals surface area contributed by atoms with Crippen LogP contribution in [0, 0.1) is 6.92 Å². The van der Waals surface area contributed by atoms with Gasteiger partial charge >= 0.3 is 0 Å². The van der Waals surface area contributed by atoms with Gasteiger partial charge in [-0.25, -0.2) is 0 Å². The first-order valence-corrected chi connectivity index (χ1v) is 9.54. The second kappa shape index (κ2) is 6.93. The number of aryl methyl sites for hydroxylation is 1. The van der Waals surface area contributed by atoms with Gasteiger partial charge in [-0.3, -0.25) is 4.79 Å². The van der Waals surface area contributed by atoms with Gasteiger partial charge in [-0.1, -0.05) is 23.7 Å². The number of halogens is 1. The van der Waals surface area contributed by atoms with Crippen molar-refractivity contribution in [2.45, 2.75) is 31.8 Å². The number of amides is 1. The molecule has 2 aromatic rings. The molecule has 2 saturated heterocycles. The summed E-state index contributed by atoms with van der Waals surface area (Å²) in [5.41, 5.74) is 3.75. The fourth-order valence-corrected chi connectivity index (χ4v) is 4.38. The van der Waals surface area contributed by atoms with Crippen LogP contribution in [0.2, 0.25) is 5.02 Å². The van der Waals surface area contributed by atoms with Gasteiger partial charge in [0, 0.05) is 43.5 Å². The van der Waals surface area contributed by atoms with Crippen LogP contribution >= 0.6 is 11.6 Å². The molecule has 1 N–H and O–H groups in total. The SMILES string of the molecule is Cc1ccc(N(C)c2cccc(C(=O)N3CC4CCC(C3)N4)c2)c(Cl)c1. The number of benzene rings is 2. The number of carbonyl (C=O) groups excluding carboxylic acids is 1. The average Bonchev–Trinajstić information content (AvgIpc) is 2.98. The summed E-state index contributed by atoms with van der Waals surface area (Å²) in [6.45, 7) is 3.63. The van der Waals surface area contributed by atoms with E-state index in [-0.39, 0.29) is 5.91 Å². The molecule has 2 bridgehead atoms. The summed E-state index contributed by atoms with van der Waals surface area (Å²) in [6.07, 6.45) is 2.34. The average molecular weight is 370 g/mol. The molecule has 0 aliphatic carbocycles. The van der Waals surface area contributed by atoms with Crippen molar-refractivity contribution in [3.63, 3.8) is 0 Å². The van der Waals surface area contributed by atoms with Crippen LogP contribution in [0.4, 0.5) is 11.4 Å². The summed E-state index contributed by atoms with van der Waals surface area (Å²) in [6, 6.07) is 14.7. The molecule has 0 saturated carbocycles. The van der Waals surface area contributed by atoms with E-state index in [1.165, 1.54) is 12.8 Å². The lowest BCUT2D eigenvalue weighted by molar-refractivity contribution is 0.0697. The summed E-state index contributed by atoms with van der Waals surface area (Å²) in [7, 11) is 1.98. The van der Waals surface area contributed by atoms with Crippen molar-refractivity contribution in [2.24, 2.45) is 0 Å². The Hall–Kier alpha value is -2.04. The van der Waals surface area contributed by atoms with E-state index in [1.807, 2.05) is 66.2 Å². The molecule has 2 fully saturated rings. The number of carbonyl (C=O) groups is 1. The highest BCUT2D eigenvalue weighted by molar-refractivity contribution is 6.33. The van der Waals surface area contributed by atoms with Crippen LogP contribution in [-0.2, 0) is 0 Å². The predicted octanol–water partition coefficient (Wildman–Crippen LogP) is 3.99. The first-order valence-electron chi connectivity index (χ1n) is 9.16. The molecule has 1 amide bonds. The summed E-state index contributed by atoms with van der Waals surface area (Å²) >= 11 is 6.41. The second-order valence-electron chi connectivity index (χ2n) is 7.41. The minimum Gasteiger partial charge on any atom is -0.343 e. The van der Waals surface area contributed by atoms with Crippen molar-refractivity contribution in [1.82, 2.24) is 10.2 Å². The molecule has 0 radical (unpaired) electrons. The molecule has 0 spiro atoms. The predicted molar refractivity (Wildman–Crippen MR) is 107 cm³/mol. The highest BCUT2D eigenvalue weighted by atomic mass is 35.5. The van der Waals surface area contributed by atoms with Gasteiger partial charge in [0.2, 0.25) is 0 Å². The third-order valence-corrected chi connectivity index (χ3v) is 5.75. The van der Waals surface area contributed by atoms with Crippen LogP contribution in [0.5, 0.6) is 0 Å². The molecular formula is C21H24ClN3O. The lowest BCUT2D eigenvalue weighted by Crippen LogP contribution is -2.53. The van der Waals surface area contributed by atoms with Gasteiger partial charge in [-0.05, 0) is 55.7 Å². The van der Waals surface area contributed by atoms with E-state index >= 15 is 0 Å². The van der Waals surface area contributed by atoms with E-state index in [9.17, 15) is 4.79 Å². The molecule has 26 heavy (non-hydrogen) atoms. The van der Waals surface area contributed by atoms with E-state index in [0.717, 1.165) is 35.6 Å². The van der Waals surface area contributed by atoms with Gasteiger partial charge in [-0.2, -0.15) is 0 Å². The summed E-state index contributed by atoms with van der Waals surface area (Å²) < 4.78 is 0. The van der Waals surface area contributed by atoms with Crippen molar-refractivity contribution in [3.8, 4) is 0 Å². The van der Waals surface area contributed by atoms with E-state index in [2.05, 4.69) is 5.32 Å². The zero-order chi connectivity index (χ0) is 18.3. The first kappa shape index (κ1) is 17.4. The Labute approximate surface area is 159 Å². The van der Waals surface area contributed by atoms with Gasteiger partial charge in [0.05, 0.1) is 10.7 Å². The molecule has 2 aliphatic rings. The van der Waals surface area contributed by atoms with E-state index in [1.54, 1.807) is 0 Å². The number of nitrogens with zero attached hydrogens (tertiary/aromatic N) is 2. The zero-order valence-electron chi connectivity index (χ0n) is 15.2. The van der Waals surface area contributed by atoms with Crippen molar-refractivity contribution in [1.29, 1.82) is 0 Å². The first-order chi connectivity index (χ1) is 12.5. The highest BCUT2D eigenvalue weighted by Crippen LogP contribution is 2.32. The van der Waals surface area contributed by atoms with Crippen molar-refractivity contribution in [2.75, 3.05) is 25.0 Å². The Balaban J connectivity index is 1.57. The van der Waals surface area contributed by atoms with Crippen LogP contribution < -0.4 is 10.2 Å². The highest BCUT2D eigenvalue weighted by Gasteiger charge is 2.34. The largest absolute Gasteiger partial charge is 0.343 e. The molecule has 2 unspecified atom stereocenters. The molecule has 2 aliphatic heterocycles. The Morgan fingerprint density at radius 3 is 2.58 bits per heavy atom. The quantitative estimate of drug-likeness (QED) is 0.888. The maximum atomic E-state index is 13.0. The maximum Gasteiger partial charge on any atom is 0.254 e. The number of likely N-dealkylation sites (tertiary alicyclic amines) is 1. The van der Waals surface area contributed by atoms with Crippen LogP contribution in [0.15, 0.2) is 42.5 Å². The van der Waals surface area contributed by atoms with Crippen LogP contribution in [0.1, 0.15) is 28.8 Å². The van der Waals surface area contributed by atoms with Gasteiger partial charge in [0.15, 0.2) is 0 Å². The van der Waals surface area contributed by atoms with E-state index in [4.69, 9.17) is 11.6 Å². The normalized spacial score (nSPS) is 21.7. The lowest BCUT2D eigenvalue weighted by Gasteiger charge is -2.33. The van der Waals surface area contributed by atoms with Crippen LogP contribution in [0.25, 0.3) is 0 Å². The number of anilines is 2. The Kier molecular flexibility index (Phi) is 4.63. The smallest absolute Gasteiger partial charge is 0.254 e. The van der Waals surface area contributed by atoms with Crippen molar-refractivity contribution >= 4 is 28.9 Å². The molecular weight excluding hydrogens is 346 g/mol. The van der Waals surface area contributed by atoms with Crippen LogP contribution in [-0.4, -0.2) is 43.0 Å². The molecule has 4 rings (SSSR count). The minimum atomic E-state index is 0.119. The Bertz CT molecular complexity index is 826. The molecule has 2 heterocycles. The van der Waals surface area contributed by atoms with Crippen molar-refractivity contribution in [3.05, 3.63) is 58.6 Å². The van der Waals surface area contributed by atoms with E-state index < -0.39 is 0 Å². The fraction of sp³-hybridized carbons (Fsp3) is 0.381. The van der Waals surface area contributed by atoms with Gasteiger partial charge in [-0.15, -0.1) is 0 Å². The standard InChI is InChI=1S/C21H24ClN3O/c1-14-6-9-20(19(22)10-14)24(2)18-5-3-4-15(11-18)21(26)25-12-16-7-8-17(13-25)23-16/h3-6,9-11,16-17,23H,7-8,12-13H2,1-2H3. The molecule has 136 valence electrons. The topological polar surface area (TPSA) is 35.6 Å². The molecule has 2 aromatic carbocycles. The van der Waals surface area contributed by atoms with Gasteiger partial charge in [0.25, 0.3) is 5.91 Å². The fourth-order valence-electron chi connectivity index (χ4n) is 4.02. The monoisotopic (exact) mass is 369 g/mol. The summed E-state index contributed by atoms with van der Waals surface area (Å²) in [5, 5.41) is 4.28. The second-order valence-corrected chi connectivity index (χ2v) is 7.82. The number of nitrogens with one attached hydrogen (secondary N) is 1. The Morgan fingerprint density at radius 2 is 1.88 bits per heavy atom. The Morgan fingerprint density at radius 1 is 1.15 bits per heavy atom. The molecule has 2 atom stereocenters.